The third kappa shape index (κ3) is 5.38. The minimum atomic E-state index is -0.0630. The monoisotopic (exact) mass is 254 g/mol. The van der Waals surface area contributed by atoms with Crippen molar-refractivity contribution in [3.8, 4) is 0 Å². The molecule has 2 N–H and O–H groups in total. The van der Waals surface area contributed by atoms with Gasteiger partial charge in [-0.05, 0) is 38.6 Å². The van der Waals surface area contributed by atoms with Gasteiger partial charge in [-0.2, -0.15) is 0 Å². The lowest BCUT2D eigenvalue weighted by Gasteiger charge is -2.20. The van der Waals surface area contributed by atoms with Gasteiger partial charge >= 0.3 is 0 Å². The number of nitrogens with one attached hydrogen (secondary N) is 2. The van der Waals surface area contributed by atoms with Crippen LogP contribution in [0.25, 0.3) is 0 Å². The number of rotatable bonds is 8. The van der Waals surface area contributed by atoms with Crippen molar-refractivity contribution in [1.29, 1.82) is 0 Å². The van der Waals surface area contributed by atoms with Crippen LogP contribution in [0.3, 0.4) is 0 Å². The molecule has 0 heterocycles. The van der Waals surface area contributed by atoms with Crippen molar-refractivity contribution in [3.05, 3.63) is 0 Å². The fraction of sp³-hybridized carbons (Fsp3) is 0.933. The van der Waals surface area contributed by atoms with E-state index in [0.717, 1.165) is 25.3 Å². The predicted molar refractivity (Wildman–Crippen MR) is 76.6 cm³/mol. The van der Waals surface area contributed by atoms with Crippen molar-refractivity contribution in [3.63, 3.8) is 0 Å². The zero-order valence-corrected chi connectivity index (χ0v) is 12.3. The average Bonchev–Trinajstić information content (AvgIpc) is 2.88. The largest absolute Gasteiger partial charge is 0.352 e. The highest BCUT2D eigenvalue weighted by Gasteiger charge is 2.17. The van der Waals surface area contributed by atoms with Crippen LogP contribution in [-0.2, 0) is 4.79 Å². The highest BCUT2D eigenvalue weighted by atomic mass is 16.2. The van der Waals surface area contributed by atoms with Crippen LogP contribution in [0.15, 0.2) is 0 Å². The SMILES string of the molecule is CCC(CC)NC(=O)C(C)NCCC1CCCC1. The number of carbonyl (C=O) groups is 1. The number of amides is 1. The molecule has 0 aromatic carbocycles. The van der Waals surface area contributed by atoms with E-state index in [4.69, 9.17) is 0 Å². The summed E-state index contributed by atoms with van der Waals surface area (Å²) in [6.45, 7) is 7.17. The van der Waals surface area contributed by atoms with Crippen molar-refractivity contribution in [2.75, 3.05) is 6.54 Å². The number of hydrogen-bond acceptors (Lipinski definition) is 2. The second kappa shape index (κ2) is 8.52. The zero-order valence-electron chi connectivity index (χ0n) is 12.3. The molecule has 1 aliphatic carbocycles. The van der Waals surface area contributed by atoms with Gasteiger partial charge in [0.05, 0.1) is 6.04 Å². The van der Waals surface area contributed by atoms with Crippen LogP contribution in [0.1, 0.15) is 65.7 Å². The van der Waals surface area contributed by atoms with Gasteiger partial charge in [0.1, 0.15) is 0 Å². The van der Waals surface area contributed by atoms with Crippen LogP contribution in [0.5, 0.6) is 0 Å². The van der Waals surface area contributed by atoms with Crippen molar-refractivity contribution in [2.24, 2.45) is 5.92 Å². The van der Waals surface area contributed by atoms with Crippen molar-refractivity contribution < 1.29 is 4.79 Å². The fourth-order valence-electron chi connectivity index (χ4n) is 2.71. The van der Waals surface area contributed by atoms with Gasteiger partial charge in [-0.1, -0.05) is 39.5 Å². The van der Waals surface area contributed by atoms with Crippen LogP contribution in [0.4, 0.5) is 0 Å². The van der Waals surface area contributed by atoms with E-state index in [0.29, 0.717) is 6.04 Å². The van der Waals surface area contributed by atoms with E-state index in [1.807, 2.05) is 6.92 Å². The first kappa shape index (κ1) is 15.5. The van der Waals surface area contributed by atoms with Gasteiger partial charge in [0, 0.05) is 6.04 Å². The molecule has 0 aromatic heterocycles. The Morgan fingerprint density at radius 3 is 2.39 bits per heavy atom. The normalized spacial score (nSPS) is 18.2. The van der Waals surface area contributed by atoms with Crippen LogP contribution in [0, 0.1) is 5.92 Å². The summed E-state index contributed by atoms with van der Waals surface area (Å²) >= 11 is 0. The van der Waals surface area contributed by atoms with Crippen molar-refractivity contribution >= 4 is 5.91 Å². The molecular weight excluding hydrogens is 224 g/mol. The summed E-state index contributed by atoms with van der Waals surface area (Å²) in [5, 5.41) is 6.44. The lowest BCUT2D eigenvalue weighted by molar-refractivity contribution is -0.123. The Balaban J connectivity index is 2.14. The maximum absolute atomic E-state index is 11.9. The van der Waals surface area contributed by atoms with Crippen molar-refractivity contribution in [2.45, 2.75) is 77.8 Å². The summed E-state index contributed by atoms with van der Waals surface area (Å²) in [6.07, 6.45) is 8.81. The average molecular weight is 254 g/mol. The molecular formula is C15H30N2O. The molecule has 3 heteroatoms. The molecule has 0 aromatic rings. The van der Waals surface area contributed by atoms with Gasteiger partial charge in [0.25, 0.3) is 0 Å². The topological polar surface area (TPSA) is 41.1 Å². The van der Waals surface area contributed by atoms with Gasteiger partial charge < -0.3 is 10.6 Å². The second-order valence-electron chi connectivity index (χ2n) is 5.64. The molecule has 3 nitrogen and oxygen atoms in total. The van der Waals surface area contributed by atoms with Crippen LogP contribution in [0.2, 0.25) is 0 Å². The minimum absolute atomic E-state index is 0.0630. The van der Waals surface area contributed by atoms with E-state index in [1.54, 1.807) is 0 Å². The van der Waals surface area contributed by atoms with Crippen LogP contribution in [-0.4, -0.2) is 24.5 Å². The molecule has 1 aliphatic rings. The lowest BCUT2D eigenvalue weighted by atomic mass is 10.0. The van der Waals surface area contributed by atoms with Crippen molar-refractivity contribution in [1.82, 2.24) is 10.6 Å². The Hall–Kier alpha value is -0.570. The van der Waals surface area contributed by atoms with Gasteiger partial charge in [-0.3, -0.25) is 4.79 Å². The third-order valence-electron chi connectivity index (χ3n) is 4.20. The molecule has 1 unspecified atom stereocenters. The van der Waals surface area contributed by atoms with Gasteiger partial charge in [-0.25, -0.2) is 0 Å². The Labute approximate surface area is 112 Å². The smallest absolute Gasteiger partial charge is 0.237 e. The lowest BCUT2D eigenvalue weighted by Crippen LogP contribution is -2.46. The molecule has 1 saturated carbocycles. The summed E-state index contributed by atoms with van der Waals surface area (Å²) in [4.78, 5) is 11.9. The van der Waals surface area contributed by atoms with Crippen LogP contribution < -0.4 is 10.6 Å². The minimum Gasteiger partial charge on any atom is -0.352 e. The van der Waals surface area contributed by atoms with Gasteiger partial charge in [0.2, 0.25) is 5.91 Å². The van der Waals surface area contributed by atoms with Gasteiger partial charge in [0.15, 0.2) is 0 Å². The van der Waals surface area contributed by atoms with E-state index < -0.39 is 0 Å². The third-order valence-corrected chi connectivity index (χ3v) is 4.20. The summed E-state index contributed by atoms with van der Waals surface area (Å²) in [6, 6.07) is 0.267. The molecule has 0 spiro atoms. The quantitative estimate of drug-likeness (QED) is 0.699. The Bertz CT molecular complexity index is 233. The molecule has 0 aliphatic heterocycles. The first-order valence-electron chi connectivity index (χ1n) is 7.71. The first-order valence-corrected chi connectivity index (χ1v) is 7.71. The Kier molecular flexibility index (Phi) is 7.33. The number of hydrogen-bond donors (Lipinski definition) is 2. The molecule has 1 atom stereocenters. The summed E-state index contributed by atoms with van der Waals surface area (Å²) in [7, 11) is 0. The Morgan fingerprint density at radius 1 is 1.22 bits per heavy atom. The molecule has 0 saturated heterocycles. The predicted octanol–water partition coefficient (Wildman–Crippen LogP) is 2.85. The van der Waals surface area contributed by atoms with E-state index in [2.05, 4.69) is 24.5 Å². The van der Waals surface area contributed by atoms with E-state index in [-0.39, 0.29) is 11.9 Å². The van der Waals surface area contributed by atoms with E-state index >= 15 is 0 Å². The summed E-state index contributed by atoms with van der Waals surface area (Å²) in [5.41, 5.74) is 0. The zero-order chi connectivity index (χ0) is 13.4. The molecule has 0 bridgehead atoms. The molecule has 1 fully saturated rings. The van der Waals surface area contributed by atoms with Gasteiger partial charge in [-0.15, -0.1) is 0 Å². The highest BCUT2D eigenvalue weighted by molar-refractivity contribution is 5.81. The number of carbonyl (C=O) groups excluding carboxylic acids is 1. The maximum atomic E-state index is 11.9. The first-order chi connectivity index (χ1) is 8.67. The van der Waals surface area contributed by atoms with E-state index in [9.17, 15) is 4.79 Å². The van der Waals surface area contributed by atoms with E-state index in [1.165, 1.54) is 32.1 Å². The standard InChI is InChI=1S/C15H30N2O/c1-4-14(5-2)17-15(18)12(3)16-11-10-13-8-6-7-9-13/h12-14,16H,4-11H2,1-3H3,(H,17,18). The summed E-state index contributed by atoms with van der Waals surface area (Å²) < 4.78 is 0. The molecule has 1 amide bonds. The molecule has 0 radical (unpaired) electrons. The fourth-order valence-corrected chi connectivity index (χ4v) is 2.71. The Morgan fingerprint density at radius 2 is 1.83 bits per heavy atom. The highest BCUT2D eigenvalue weighted by Crippen LogP contribution is 2.26. The summed E-state index contributed by atoms with van der Waals surface area (Å²) in [5.74, 6) is 1.04. The molecule has 106 valence electrons. The van der Waals surface area contributed by atoms with Crippen LogP contribution >= 0.6 is 0 Å². The molecule has 18 heavy (non-hydrogen) atoms. The molecule has 1 rings (SSSR count). The maximum Gasteiger partial charge on any atom is 0.237 e. The second-order valence-corrected chi connectivity index (χ2v) is 5.64.